The minimum atomic E-state index is -0.218. The first-order chi connectivity index (χ1) is 7.67. The van der Waals surface area contributed by atoms with Crippen molar-refractivity contribution >= 4 is 0 Å². The van der Waals surface area contributed by atoms with Gasteiger partial charge >= 0.3 is 0 Å². The number of hydrogen-bond donors (Lipinski definition) is 1. The molecule has 5 heteroatoms. The minimum absolute atomic E-state index is 0.0151. The van der Waals surface area contributed by atoms with E-state index in [1.807, 2.05) is 13.1 Å². The van der Waals surface area contributed by atoms with Gasteiger partial charge < -0.3 is 19.8 Å². The fourth-order valence-corrected chi connectivity index (χ4v) is 2.09. The summed E-state index contributed by atoms with van der Waals surface area (Å²) in [5, 5.41) is 0. The van der Waals surface area contributed by atoms with Crippen LogP contribution in [0.3, 0.4) is 0 Å². The van der Waals surface area contributed by atoms with Gasteiger partial charge in [-0.25, -0.2) is 4.98 Å². The second kappa shape index (κ2) is 4.53. The molecule has 2 atom stereocenters. The van der Waals surface area contributed by atoms with Gasteiger partial charge in [-0.15, -0.1) is 0 Å². The molecule has 0 saturated carbocycles. The largest absolute Gasteiger partial charge is 0.378 e. The Balaban J connectivity index is 2.16. The van der Waals surface area contributed by atoms with E-state index in [1.54, 1.807) is 13.4 Å². The van der Waals surface area contributed by atoms with Crippen molar-refractivity contribution in [3.63, 3.8) is 0 Å². The summed E-state index contributed by atoms with van der Waals surface area (Å²) in [6, 6.07) is -0.0151. The van der Waals surface area contributed by atoms with Gasteiger partial charge in [0.25, 0.3) is 0 Å². The number of nitrogens with two attached hydrogens (primary N) is 1. The van der Waals surface area contributed by atoms with Crippen molar-refractivity contribution in [3.8, 4) is 0 Å². The Labute approximate surface area is 95.6 Å². The van der Waals surface area contributed by atoms with Crippen LogP contribution in [0, 0.1) is 0 Å². The van der Waals surface area contributed by atoms with Gasteiger partial charge in [-0.05, 0) is 6.92 Å². The highest BCUT2D eigenvalue weighted by atomic mass is 16.5. The Kier molecular flexibility index (Phi) is 3.28. The van der Waals surface area contributed by atoms with E-state index in [1.165, 1.54) is 0 Å². The van der Waals surface area contributed by atoms with E-state index in [4.69, 9.17) is 15.2 Å². The third kappa shape index (κ3) is 2.11. The summed E-state index contributed by atoms with van der Waals surface area (Å²) >= 11 is 0. The molecule has 16 heavy (non-hydrogen) atoms. The molecule has 0 aliphatic carbocycles. The maximum absolute atomic E-state index is 5.88. The van der Waals surface area contributed by atoms with Crippen molar-refractivity contribution < 1.29 is 9.47 Å². The van der Waals surface area contributed by atoms with Gasteiger partial charge in [0.05, 0.1) is 25.2 Å². The van der Waals surface area contributed by atoms with Crippen LogP contribution in [-0.4, -0.2) is 35.5 Å². The third-order valence-corrected chi connectivity index (χ3v) is 3.17. The fraction of sp³-hybridized carbons (Fsp3) is 0.727. The Bertz CT molecular complexity index is 343. The molecule has 2 N–H and O–H groups in total. The van der Waals surface area contributed by atoms with Crippen LogP contribution in [0.25, 0.3) is 0 Å². The molecule has 0 aromatic carbocycles. The number of nitrogens with zero attached hydrogens (tertiary/aromatic N) is 2. The molecule has 1 unspecified atom stereocenters. The molecule has 1 aliphatic heterocycles. The van der Waals surface area contributed by atoms with Crippen LogP contribution < -0.4 is 5.73 Å². The summed E-state index contributed by atoms with van der Waals surface area (Å²) in [7, 11) is 1.73. The number of ether oxygens (including phenoxy) is 2. The SMILES string of the molecule is COC1(Cn2cncc2[C@@H](C)N)CCOC1. The van der Waals surface area contributed by atoms with Gasteiger partial charge in [0.1, 0.15) is 5.60 Å². The number of aromatic nitrogens is 2. The second-order valence-electron chi connectivity index (χ2n) is 4.42. The standard InChI is InChI=1S/C11H19N3O2/c1-9(12)10-5-13-8-14(10)6-11(15-2)3-4-16-7-11/h5,8-9H,3-4,6-7,12H2,1-2H3/t9-,11?/m1/s1. The predicted octanol–water partition coefficient (Wildman–Crippen LogP) is 0.708. The van der Waals surface area contributed by atoms with Crippen molar-refractivity contribution in [1.82, 2.24) is 9.55 Å². The zero-order chi connectivity index (χ0) is 11.6. The molecule has 2 rings (SSSR count). The lowest BCUT2D eigenvalue weighted by molar-refractivity contribution is -0.0300. The number of hydrogen-bond acceptors (Lipinski definition) is 4. The summed E-state index contributed by atoms with van der Waals surface area (Å²) in [4.78, 5) is 4.14. The Hall–Kier alpha value is -0.910. The van der Waals surface area contributed by atoms with Crippen molar-refractivity contribution in [2.45, 2.75) is 31.5 Å². The molecule has 0 radical (unpaired) electrons. The minimum Gasteiger partial charge on any atom is -0.378 e. The summed E-state index contributed by atoms with van der Waals surface area (Å²) in [6.45, 7) is 4.11. The quantitative estimate of drug-likeness (QED) is 0.819. The number of methoxy groups -OCH3 is 1. The first kappa shape index (κ1) is 11.6. The Morgan fingerprint density at radius 3 is 3.12 bits per heavy atom. The molecule has 90 valence electrons. The summed E-state index contributed by atoms with van der Waals surface area (Å²) in [6.07, 6.45) is 4.53. The molecule has 0 amide bonds. The van der Waals surface area contributed by atoms with E-state index in [2.05, 4.69) is 9.55 Å². The molecule has 0 bridgehead atoms. The lowest BCUT2D eigenvalue weighted by Gasteiger charge is -2.27. The average Bonchev–Trinajstić information content (AvgIpc) is 2.88. The summed E-state index contributed by atoms with van der Waals surface area (Å²) < 4.78 is 13.1. The van der Waals surface area contributed by atoms with Gasteiger partial charge in [0.15, 0.2) is 0 Å². The monoisotopic (exact) mass is 225 g/mol. The highest BCUT2D eigenvalue weighted by Crippen LogP contribution is 2.25. The van der Waals surface area contributed by atoms with E-state index in [0.29, 0.717) is 6.61 Å². The van der Waals surface area contributed by atoms with Crippen LogP contribution in [0.4, 0.5) is 0 Å². The van der Waals surface area contributed by atoms with E-state index in [-0.39, 0.29) is 11.6 Å². The van der Waals surface area contributed by atoms with Crippen LogP contribution in [0.15, 0.2) is 12.5 Å². The van der Waals surface area contributed by atoms with Crippen LogP contribution in [-0.2, 0) is 16.0 Å². The van der Waals surface area contributed by atoms with E-state index in [9.17, 15) is 0 Å². The lowest BCUT2D eigenvalue weighted by Crippen LogP contribution is -2.37. The molecule has 1 aromatic heterocycles. The van der Waals surface area contributed by atoms with Gasteiger partial charge in [0.2, 0.25) is 0 Å². The van der Waals surface area contributed by atoms with Crippen molar-refractivity contribution in [1.29, 1.82) is 0 Å². The van der Waals surface area contributed by atoms with Gasteiger partial charge in [-0.3, -0.25) is 0 Å². The zero-order valence-electron chi connectivity index (χ0n) is 9.85. The number of rotatable bonds is 4. The molecular formula is C11H19N3O2. The van der Waals surface area contributed by atoms with E-state index < -0.39 is 0 Å². The molecule has 1 aromatic rings. The van der Waals surface area contributed by atoms with E-state index in [0.717, 1.165) is 25.3 Å². The fourth-order valence-electron chi connectivity index (χ4n) is 2.09. The van der Waals surface area contributed by atoms with Crippen LogP contribution in [0.1, 0.15) is 25.1 Å². The Morgan fingerprint density at radius 1 is 1.75 bits per heavy atom. The maximum atomic E-state index is 5.88. The summed E-state index contributed by atoms with van der Waals surface area (Å²) in [5.74, 6) is 0. The highest BCUT2D eigenvalue weighted by molar-refractivity contribution is 5.04. The first-order valence-corrected chi connectivity index (χ1v) is 5.55. The Morgan fingerprint density at radius 2 is 2.56 bits per heavy atom. The topological polar surface area (TPSA) is 62.3 Å². The van der Waals surface area contributed by atoms with Crippen molar-refractivity contribution in [2.24, 2.45) is 5.73 Å². The molecule has 1 fully saturated rings. The third-order valence-electron chi connectivity index (χ3n) is 3.17. The first-order valence-electron chi connectivity index (χ1n) is 5.55. The van der Waals surface area contributed by atoms with Crippen LogP contribution >= 0.6 is 0 Å². The van der Waals surface area contributed by atoms with Crippen molar-refractivity contribution in [2.75, 3.05) is 20.3 Å². The lowest BCUT2D eigenvalue weighted by atomic mass is 10.0. The van der Waals surface area contributed by atoms with Gasteiger partial charge in [0, 0.05) is 32.4 Å². The molecule has 2 heterocycles. The van der Waals surface area contributed by atoms with Crippen LogP contribution in [0.2, 0.25) is 0 Å². The molecular weight excluding hydrogens is 206 g/mol. The van der Waals surface area contributed by atoms with Gasteiger partial charge in [-0.1, -0.05) is 0 Å². The average molecular weight is 225 g/mol. The van der Waals surface area contributed by atoms with E-state index >= 15 is 0 Å². The smallest absolute Gasteiger partial charge is 0.111 e. The maximum Gasteiger partial charge on any atom is 0.111 e. The molecule has 5 nitrogen and oxygen atoms in total. The molecule has 1 aliphatic rings. The number of imidazole rings is 1. The highest BCUT2D eigenvalue weighted by Gasteiger charge is 2.35. The van der Waals surface area contributed by atoms with Gasteiger partial charge in [-0.2, -0.15) is 0 Å². The second-order valence-corrected chi connectivity index (χ2v) is 4.42. The zero-order valence-corrected chi connectivity index (χ0v) is 9.85. The van der Waals surface area contributed by atoms with Crippen LogP contribution in [0.5, 0.6) is 0 Å². The predicted molar refractivity (Wildman–Crippen MR) is 60.0 cm³/mol. The van der Waals surface area contributed by atoms with Crippen molar-refractivity contribution in [3.05, 3.63) is 18.2 Å². The normalized spacial score (nSPS) is 27.2. The molecule has 1 saturated heterocycles. The molecule has 0 spiro atoms. The summed E-state index contributed by atoms with van der Waals surface area (Å²) in [5.41, 5.74) is 6.70.